The lowest BCUT2D eigenvalue weighted by molar-refractivity contribution is 0.0954. The Kier molecular flexibility index (Phi) is 5.10. The smallest absolute Gasteiger partial charge is 0.251 e. The lowest BCUT2D eigenvalue weighted by atomic mass is 10.1. The number of benzene rings is 2. The van der Waals surface area contributed by atoms with E-state index in [4.69, 9.17) is 0 Å². The van der Waals surface area contributed by atoms with E-state index in [9.17, 15) is 22.0 Å². The van der Waals surface area contributed by atoms with E-state index in [2.05, 4.69) is 5.32 Å². The fourth-order valence-corrected chi connectivity index (χ4v) is 2.71. The molecular formula is C16H15F2NO3S. The molecule has 0 aliphatic heterocycles. The van der Waals surface area contributed by atoms with Gasteiger partial charge in [-0.25, -0.2) is 17.2 Å². The average Bonchev–Trinajstić information content (AvgIpc) is 2.45. The van der Waals surface area contributed by atoms with Crippen LogP contribution in [-0.4, -0.2) is 27.1 Å². The van der Waals surface area contributed by atoms with Crippen LogP contribution in [0.2, 0.25) is 0 Å². The molecule has 1 N–H and O–H groups in total. The van der Waals surface area contributed by atoms with Gasteiger partial charge in [0, 0.05) is 24.4 Å². The molecule has 2 aromatic rings. The van der Waals surface area contributed by atoms with Crippen molar-refractivity contribution in [3.05, 3.63) is 65.2 Å². The van der Waals surface area contributed by atoms with Crippen LogP contribution in [0, 0.1) is 11.6 Å². The van der Waals surface area contributed by atoms with E-state index in [1.807, 2.05) is 0 Å². The van der Waals surface area contributed by atoms with Crippen molar-refractivity contribution in [1.82, 2.24) is 5.32 Å². The molecule has 0 aromatic heterocycles. The van der Waals surface area contributed by atoms with Crippen molar-refractivity contribution in [2.45, 2.75) is 11.3 Å². The number of rotatable bonds is 5. The fraction of sp³-hybridized carbons (Fsp3) is 0.188. The van der Waals surface area contributed by atoms with Gasteiger partial charge in [-0.15, -0.1) is 0 Å². The second-order valence-corrected chi connectivity index (χ2v) is 7.10. The predicted molar refractivity (Wildman–Crippen MR) is 81.9 cm³/mol. The number of carbonyl (C=O) groups is 1. The molecule has 4 nitrogen and oxygen atoms in total. The predicted octanol–water partition coefficient (Wildman–Crippen LogP) is 2.34. The van der Waals surface area contributed by atoms with Gasteiger partial charge < -0.3 is 5.32 Å². The maximum Gasteiger partial charge on any atom is 0.251 e. The molecule has 0 radical (unpaired) electrons. The standard InChI is InChI=1S/C16H15F2NO3S/c1-23(21,22)15-4-2-3-12(9-15)16(20)19-6-5-11-7-13(17)10-14(18)8-11/h2-4,7-10H,5-6H2,1H3,(H,19,20). The first kappa shape index (κ1) is 17.1. The molecule has 23 heavy (non-hydrogen) atoms. The number of amides is 1. The zero-order valence-electron chi connectivity index (χ0n) is 12.3. The number of halogens is 2. The summed E-state index contributed by atoms with van der Waals surface area (Å²) < 4.78 is 49.0. The molecule has 0 spiro atoms. The maximum atomic E-state index is 13.1. The van der Waals surface area contributed by atoms with E-state index in [1.165, 1.54) is 36.4 Å². The molecule has 122 valence electrons. The zero-order chi connectivity index (χ0) is 17.0. The van der Waals surface area contributed by atoms with Gasteiger partial charge in [0.2, 0.25) is 0 Å². The van der Waals surface area contributed by atoms with Gasteiger partial charge in [0.15, 0.2) is 9.84 Å². The largest absolute Gasteiger partial charge is 0.352 e. The van der Waals surface area contributed by atoms with Crippen LogP contribution in [-0.2, 0) is 16.3 Å². The summed E-state index contributed by atoms with van der Waals surface area (Å²) in [6, 6.07) is 8.82. The Morgan fingerprint density at radius 3 is 2.35 bits per heavy atom. The maximum absolute atomic E-state index is 13.1. The van der Waals surface area contributed by atoms with E-state index in [0.29, 0.717) is 5.56 Å². The highest BCUT2D eigenvalue weighted by atomic mass is 32.2. The quantitative estimate of drug-likeness (QED) is 0.909. The van der Waals surface area contributed by atoms with Gasteiger partial charge in [-0.2, -0.15) is 0 Å². The van der Waals surface area contributed by atoms with Crippen molar-refractivity contribution in [2.24, 2.45) is 0 Å². The van der Waals surface area contributed by atoms with E-state index in [1.54, 1.807) is 0 Å². The molecule has 1 amide bonds. The van der Waals surface area contributed by atoms with Gasteiger partial charge in [0.1, 0.15) is 11.6 Å². The minimum absolute atomic E-state index is 0.0531. The average molecular weight is 339 g/mol. The lowest BCUT2D eigenvalue weighted by Crippen LogP contribution is -2.25. The number of hydrogen-bond donors (Lipinski definition) is 1. The molecule has 0 fully saturated rings. The molecule has 0 aliphatic rings. The van der Waals surface area contributed by atoms with Crippen molar-refractivity contribution in [3.8, 4) is 0 Å². The highest BCUT2D eigenvalue weighted by molar-refractivity contribution is 7.90. The summed E-state index contributed by atoms with van der Waals surface area (Å²) in [4.78, 5) is 12.0. The SMILES string of the molecule is CS(=O)(=O)c1cccc(C(=O)NCCc2cc(F)cc(F)c2)c1. The molecule has 2 aromatic carbocycles. The second kappa shape index (κ2) is 6.87. The molecule has 0 heterocycles. The summed E-state index contributed by atoms with van der Waals surface area (Å²) in [5.74, 6) is -1.80. The van der Waals surface area contributed by atoms with Crippen LogP contribution in [0.4, 0.5) is 8.78 Å². The van der Waals surface area contributed by atoms with Crippen molar-refractivity contribution in [2.75, 3.05) is 12.8 Å². The van der Waals surface area contributed by atoms with Crippen LogP contribution < -0.4 is 5.32 Å². The molecule has 7 heteroatoms. The topological polar surface area (TPSA) is 63.2 Å². The van der Waals surface area contributed by atoms with Crippen LogP contribution in [0.5, 0.6) is 0 Å². The van der Waals surface area contributed by atoms with Crippen LogP contribution in [0.1, 0.15) is 15.9 Å². The van der Waals surface area contributed by atoms with Gasteiger partial charge in [-0.1, -0.05) is 6.07 Å². The van der Waals surface area contributed by atoms with Crippen LogP contribution >= 0.6 is 0 Å². The Hall–Kier alpha value is -2.28. The van der Waals surface area contributed by atoms with E-state index >= 15 is 0 Å². The van der Waals surface area contributed by atoms with Gasteiger partial charge in [-0.3, -0.25) is 4.79 Å². The highest BCUT2D eigenvalue weighted by Crippen LogP contribution is 2.12. The van der Waals surface area contributed by atoms with Crippen molar-refractivity contribution in [1.29, 1.82) is 0 Å². The fourth-order valence-electron chi connectivity index (χ4n) is 2.05. The number of hydrogen-bond acceptors (Lipinski definition) is 3. The minimum Gasteiger partial charge on any atom is -0.352 e. The minimum atomic E-state index is -3.40. The van der Waals surface area contributed by atoms with Crippen LogP contribution in [0.25, 0.3) is 0 Å². The van der Waals surface area contributed by atoms with Gasteiger partial charge in [-0.05, 0) is 42.3 Å². The lowest BCUT2D eigenvalue weighted by Gasteiger charge is -2.07. The third-order valence-electron chi connectivity index (χ3n) is 3.15. The monoisotopic (exact) mass is 339 g/mol. The molecule has 2 rings (SSSR count). The van der Waals surface area contributed by atoms with Crippen molar-refractivity contribution >= 4 is 15.7 Å². The summed E-state index contributed by atoms with van der Waals surface area (Å²) in [5.41, 5.74) is 0.631. The second-order valence-electron chi connectivity index (χ2n) is 5.08. The first-order chi connectivity index (χ1) is 10.8. The number of carbonyl (C=O) groups excluding carboxylic acids is 1. The molecule has 0 aliphatic carbocycles. The Balaban J connectivity index is 2.00. The third kappa shape index (κ3) is 4.85. The number of nitrogens with one attached hydrogen (secondary N) is 1. The Labute approximate surface area is 133 Å². The molecule has 0 saturated carbocycles. The Morgan fingerprint density at radius 2 is 1.74 bits per heavy atom. The summed E-state index contributed by atoms with van der Waals surface area (Å²) in [6.45, 7) is 0.171. The molecule has 0 atom stereocenters. The van der Waals surface area contributed by atoms with E-state index < -0.39 is 27.4 Å². The van der Waals surface area contributed by atoms with Gasteiger partial charge in [0.25, 0.3) is 5.91 Å². The van der Waals surface area contributed by atoms with Crippen LogP contribution in [0.15, 0.2) is 47.4 Å². The Morgan fingerprint density at radius 1 is 1.09 bits per heavy atom. The summed E-state index contributed by atoms with van der Waals surface area (Å²) in [7, 11) is -3.40. The first-order valence-electron chi connectivity index (χ1n) is 6.79. The van der Waals surface area contributed by atoms with Crippen molar-refractivity contribution < 1.29 is 22.0 Å². The van der Waals surface area contributed by atoms with E-state index in [-0.39, 0.29) is 23.4 Å². The number of sulfone groups is 1. The van der Waals surface area contributed by atoms with Crippen LogP contribution in [0.3, 0.4) is 0 Å². The first-order valence-corrected chi connectivity index (χ1v) is 8.68. The third-order valence-corrected chi connectivity index (χ3v) is 4.26. The van der Waals surface area contributed by atoms with Crippen molar-refractivity contribution in [3.63, 3.8) is 0 Å². The van der Waals surface area contributed by atoms with Gasteiger partial charge in [0.05, 0.1) is 4.90 Å². The molecular weight excluding hydrogens is 324 g/mol. The molecule has 0 saturated heterocycles. The molecule has 0 bridgehead atoms. The molecule has 0 unspecified atom stereocenters. The normalized spacial score (nSPS) is 11.3. The van der Waals surface area contributed by atoms with Gasteiger partial charge >= 0.3 is 0 Å². The Bertz CT molecular complexity index is 815. The highest BCUT2D eigenvalue weighted by Gasteiger charge is 2.11. The summed E-state index contributed by atoms with van der Waals surface area (Å²) >= 11 is 0. The summed E-state index contributed by atoms with van der Waals surface area (Å²) in [5, 5.41) is 2.59. The summed E-state index contributed by atoms with van der Waals surface area (Å²) in [6.07, 6.45) is 1.31. The van der Waals surface area contributed by atoms with E-state index in [0.717, 1.165) is 12.3 Å². The zero-order valence-corrected chi connectivity index (χ0v) is 13.2.